The number of nitrogens with one attached hydrogen (secondary N) is 2. The van der Waals surface area contributed by atoms with Crippen LogP contribution in [-0.2, 0) is 20.1 Å². The summed E-state index contributed by atoms with van der Waals surface area (Å²) in [4.78, 5) is 19.0. The molecule has 202 valence electrons. The first kappa shape index (κ1) is 25.9. The van der Waals surface area contributed by atoms with Gasteiger partial charge in [-0.25, -0.2) is 4.39 Å². The molecule has 1 amide bonds. The molecule has 0 radical (unpaired) electrons. The molecule has 2 atom stereocenters. The van der Waals surface area contributed by atoms with Gasteiger partial charge < -0.3 is 19.7 Å². The van der Waals surface area contributed by atoms with E-state index in [1.165, 1.54) is 6.20 Å². The molecule has 1 aromatic carbocycles. The minimum atomic E-state index is -0.965. The minimum absolute atomic E-state index is 0.0480. The van der Waals surface area contributed by atoms with Gasteiger partial charge in [-0.05, 0) is 52.3 Å². The smallest absolute Gasteiger partial charge is 0.254 e. The number of piperidine rings is 1. The molecule has 4 aromatic rings. The van der Waals surface area contributed by atoms with Crippen LogP contribution < -0.4 is 10.6 Å². The third kappa shape index (κ3) is 5.15. The number of rotatable bonds is 7. The Morgan fingerprint density at radius 3 is 2.79 bits per heavy atom. The first-order valence-electron chi connectivity index (χ1n) is 13.0. The monoisotopic (exact) mass is 522 g/mol. The lowest BCUT2D eigenvalue weighted by molar-refractivity contribution is 0.0554. The van der Waals surface area contributed by atoms with Gasteiger partial charge in [0.2, 0.25) is 11.7 Å². The van der Waals surface area contributed by atoms with Gasteiger partial charge in [0.05, 0.1) is 35.6 Å². The number of hydrogen-bond acceptors (Lipinski definition) is 7. The third-order valence-corrected chi connectivity index (χ3v) is 7.16. The molecule has 0 unspecified atom stereocenters. The molecule has 0 aliphatic carbocycles. The standard InChI is InChI=1S/C27H35FN8O2/c1-6-36-22-9-7-8-20(31-21-10-11-35(16-19(21)28)27(2,3)4)18(22)12-23(36)25-32-24(38-33-25)14-29-26(37)17-13-30-34(5)15-17/h7-9,12-13,15,19,21,31H,6,10-11,14,16H2,1-5H3,(H,29,37)/t19-,21-/m1/s1. The zero-order chi connectivity index (χ0) is 27.0. The van der Waals surface area contributed by atoms with E-state index in [-0.39, 0.29) is 24.0 Å². The van der Waals surface area contributed by atoms with Crippen molar-refractivity contribution in [3.63, 3.8) is 0 Å². The number of carbonyl (C=O) groups excluding carboxylic acids is 1. The number of anilines is 1. The van der Waals surface area contributed by atoms with Gasteiger partial charge in [0.25, 0.3) is 5.91 Å². The van der Waals surface area contributed by atoms with Crippen LogP contribution in [0, 0.1) is 0 Å². The SMILES string of the molecule is CCn1c(-c2noc(CNC(=O)c3cnn(C)c3)n2)cc2c(N[C@@H]3CCN(C(C)(C)C)C[C@H]3F)cccc21. The number of alkyl halides is 1. The fourth-order valence-corrected chi connectivity index (χ4v) is 5.04. The summed E-state index contributed by atoms with van der Waals surface area (Å²) in [5.41, 5.74) is 3.10. The van der Waals surface area contributed by atoms with Crippen molar-refractivity contribution in [2.75, 3.05) is 18.4 Å². The summed E-state index contributed by atoms with van der Waals surface area (Å²) in [6, 6.07) is 7.77. The summed E-state index contributed by atoms with van der Waals surface area (Å²) in [7, 11) is 1.75. The van der Waals surface area contributed by atoms with E-state index in [9.17, 15) is 4.79 Å². The van der Waals surface area contributed by atoms with Crippen LogP contribution in [0.25, 0.3) is 22.4 Å². The van der Waals surface area contributed by atoms with Crippen LogP contribution in [0.3, 0.4) is 0 Å². The zero-order valence-electron chi connectivity index (χ0n) is 22.5. The van der Waals surface area contributed by atoms with Gasteiger partial charge in [0, 0.05) is 49.5 Å². The lowest BCUT2D eigenvalue weighted by Crippen LogP contribution is -2.54. The quantitative estimate of drug-likeness (QED) is 0.378. The van der Waals surface area contributed by atoms with Crippen LogP contribution in [0.15, 0.2) is 41.2 Å². The van der Waals surface area contributed by atoms with E-state index in [1.807, 2.05) is 24.3 Å². The Morgan fingerprint density at radius 2 is 2.11 bits per heavy atom. The number of aryl methyl sites for hydroxylation is 2. The average Bonchev–Trinajstić information content (AvgIpc) is 3.61. The van der Waals surface area contributed by atoms with E-state index < -0.39 is 6.17 Å². The summed E-state index contributed by atoms with van der Waals surface area (Å²) in [5.74, 6) is 0.464. The van der Waals surface area contributed by atoms with E-state index in [4.69, 9.17) is 4.52 Å². The Kier molecular flexibility index (Phi) is 6.95. The molecule has 2 N–H and O–H groups in total. The van der Waals surface area contributed by atoms with Gasteiger partial charge in [-0.2, -0.15) is 10.1 Å². The maximum Gasteiger partial charge on any atom is 0.254 e. The van der Waals surface area contributed by atoms with E-state index >= 15 is 4.39 Å². The lowest BCUT2D eigenvalue weighted by atomic mass is 9.96. The first-order valence-corrected chi connectivity index (χ1v) is 13.0. The average molecular weight is 523 g/mol. The van der Waals surface area contributed by atoms with E-state index in [0.29, 0.717) is 30.4 Å². The molecular weight excluding hydrogens is 487 g/mol. The van der Waals surface area contributed by atoms with Crippen molar-refractivity contribution >= 4 is 22.5 Å². The van der Waals surface area contributed by atoms with Gasteiger partial charge in [-0.3, -0.25) is 14.4 Å². The van der Waals surface area contributed by atoms with E-state index in [0.717, 1.165) is 35.2 Å². The molecule has 3 aromatic heterocycles. The second-order valence-corrected chi connectivity index (χ2v) is 10.8. The minimum Gasteiger partial charge on any atom is -0.379 e. The molecule has 10 nitrogen and oxygen atoms in total. The highest BCUT2D eigenvalue weighted by Gasteiger charge is 2.34. The number of amides is 1. The summed E-state index contributed by atoms with van der Waals surface area (Å²) in [6.45, 7) is 10.5. The van der Waals surface area contributed by atoms with Gasteiger partial charge in [0.15, 0.2) is 0 Å². The van der Waals surface area contributed by atoms with Crippen LogP contribution >= 0.6 is 0 Å². The number of benzene rings is 1. The summed E-state index contributed by atoms with van der Waals surface area (Å²) < 4.78 is 24.3. The predicted molar refractivity (Wildman–Crippen MR) is 144 cm³/mol. The zero-order valence-corrected chi connectivity index (χ0v) is 22.5. The van der Waals surface area contributed by atoms with E-state index in [1.54, 1.807) is 17.9 Å². The van der Waals surface area contributed by atoms with Gasteiger partial charge in [-0.1, -0.05) is 11.2 Å². The Hall–Kier alpha value is -3.73. The van der Waals surface area contributed by atoms with Crippen LogP contribution in [0.2, 0.25) is 0 Å². The fraction of sp³-hybridized carbons (Fsp3) is 0.481. The lowest BCUT2D eigenvalue weighted by Gasteiger charge is -2.42. The highest BCUT2D eigenvalue weighted by Crippen LogP contribution is 2.33. The number of halogens is 1. The number of fused-ring (bicyclic) bond motifs is 1. The maximum atomic E-state index is 15.2. The van der Waals surface area contributed by atoms with Crippen LogP contribution in [-0.4, -0.2) is 66.1 Å². The second-order valence-electron chi connectivity index (χ2n) is 10.8. The highest BCUT2D eigenvalue weighted by molar-refractivity contribution is 5.96. The molecular formula is C27H35FN8O2. The summed E-state index contributed by atoms with van der Waals surface area (Å²) >= 11 is 0. The molecule has 1 fully saturated rings. The second kappa shape index (κ2) is 10.2. The fourth-order valence-electron chi connectivity index (χ4n) is 5.04. The van der Waals surface area contributed by atoms with Crippen molar-refractivity contribution in [2.24, 2.45) is 7.05 Å². The molecule has 1 saturated heterocycles. The number of carbonyl (C=O) groups is 1. The molecule has 0 spiro atoms. The molecule has 11 heteroatoms. The summed E-state index contributed by atoms with van der Waals surface area (Å²) in [6.07, 6.45) is 2.90. The van der Waals surface area contributed by atoms with Crippen molar-refractivity contribution in [1.29, 1.82) is 0 Å². The molecule has 4 heterocycles. The Balaban J connectivity index is 1.34. The Labute approximate surface area is 221 Å². The molecule has 5 rings (SSSR count). The normalized spacial score (nSPS) is 18.7. The third-order valence-electron chi connectivity index (χ3n) is 7.16. The maximum absolute atomic E-state index is 15.2. The topological polar surface area (TPSA) is 106 Å². The number of nitrogens with zero attached hydrogens (tertiary/aromatic N) is 6. The first-order chi connectivity index (χ1) is 18.1. The van der Waals surface area contributed by atoms with Gasteiger partial charge in [0.1, 0.15) is 6.17 Å². The number of hydrogen-bond donors (Lipinski definition) is 2. The highest BCUT2D eigenvalue weighted by atomic mass is 19.1. The largest absolute Gasteiger partial charge is 0.379 e. The molecule has 38 heavy (non-hydrogen) atoms. The predicted octanol–water partition coefficient (Wildman–Crippen LogP) is 4.00. The number of likely N-dealkylation sites (tertiary alicyclic amines) is 1. The molecule has 1 aliphatic heterocycles. The molecule has 1 aliphatic rings. The van der Waals surface area contributed by atoms with Crippen molar-refractivity contribution in [2.45, 2.75) is 65.0 Å². The molecule has 0 saturated carbocycles. The molecule has 0 bridgehead atoms. The van der Waals surface area contributed by atoms with Crippen LogP contribution in [0.1, 0.15) is 50.4 Å². The van der Waals surface area contributed by atoms with Crippen molar-refractivity contribution in [1.82, 2.24) is 34.7 Å². The summed E-state index contributed by atoms with van der Waals surface area (Å²) in [5, 5.41) is 15.4. The Morgan fingerprint density at radius 1 is 1.29 bits per heavy atom. The van der Waals surface area contributed by atoms with Gasteiger partial charge in [-0.15, -0.1) is 0 Å². The van der Waals surface area contributed by atoms with E-state index in [2.05, 4.69) is 63.0 Å². The van der Waals surface area contributed by atoms with Crippen LogP contribution in [0.4, 0.5) is 10.1 Å². The Bertz CT molecular complexity index is 1430. The van der Waals surface area contributed by atoms with Crippen molar-refractivity contribution in [3.8, 4) is 11.5 Å². The van der Waals surface area contributed by atoms with Crippen molar-refractivity contribution in [3.05, 3.63) is 48.1 Å². The van der Waals surface area contributed by atoms with Crippen molar-refractivity contribution < 1.29 is 13.7 Å². The van der Waals surface area contributed by atoms with Gasteiger partial charge >= 0.3 is 0 Å². The van der Waals surface area contributed by atoms with Crippen LogP contribution in [0.5, 0.6) is 0 Å². The number of aromatic nitrogens is 5.